The van der Waals surface area contributed by atoms with Crippen molar-refractivity contribution >= 4 is 24.9 Å². The molecule has 0 N–H and O–H groups in total. The average Bonchev–Trinajstić information content (AvgIpc) is 2.73. The van der Waals surface area contributed by atoms with Crippen LogP contribution >= 0.6 is 0 Å². The molecule has 0 atom stereocenters. The monoisotopic (exact) mass is 291 g/mol. The van der Waals surface area contributed by atoms with Gasteiger partial charge in [-0.2, -0.15) is 5.10 Å². The molecule has 108 valence electrons. The first kappa shape index (κ1) is 14.9. The van der Waals surface area contributed by atoms with E-state index in [0.717, 1.165) is 18.0 Å². The highest BCUT2D eigenvalue weighted by Gasteiger charge is 2.15. The summed E-state index contributed by atoms with van der Waals surface area (Å²) in [4.78, 5) is 15.9. The van der Waals surface area contributed by atoms with Gasteiger partial charge < -0.3 is 4.74 Å². The third-order valence-electron chi connectivity index (χ3n) is 3.05. The number of fused-ring (bicyclic) bond motifs is 1. The van der Waals surface area contributed by atoms with Gasteiger partial charge in [-0.1, -0.05) is 19.6 Å². The zero-order chi connectivity index (χ0) is 14.8. The van der Waals surface area contributed by atoms with E-state index in [4.69, 9.17) is 4.74 Å². The number of hydrogen-bond donors (Lipinski definition) is 0. The van der Waals surface area contributed by atoms with Crippen molar-refractivity contribution in [3.8, 4) is 0 Å². The van der Waals surface area contributed by atoms with Crippen molar-refractivity contribution in [2.45, 2.75) is 39.3 Å². The van der Waals surface area contributed by atoms with Crippen LogP contribution < -0.4 is 0 Å². The summed E-state index contributed by atoms with van der Waals surface area (Å²) in [5, 5.41) is 5.10. The highest BCUT2D eigenvalue weighted by Crippen LogP contribution is 2.17. The molecule has 0 aliphatic rings. The molecule has 20 heavy (non-hydrogen) atoms. The van der Waals surface area contributed by atoms with E-state index in [-0.39, 0.29) is 5.78 Å². The number of rotatable bonds is 6. The van der Waals surface area contributed by atoms with Gasteiger partial charge in [-0.25, -0.2) is 9.67 Å². The molecule has 0 aliphatic heterocycles. The van der Waals surface area contributed by atoms with Gasteiger partial charge >= 0.3 is 0 Å². The Kier molecular flexibility index (Phi) is 4.34. The summed E-state index contributed by atoms with van der Waals surface area (Å²) in [5.41, 5.74) is 1.16. The lowest BCUT2D eigenvalue weighted by molar-refractivity contribution is 0.0805. The smallest absolute Gasteiger partial charge is 0.180 e. The van der Waals surface area contributed by atoms with Crippen molar-refractivity contribution in [2.24, 2.45) is 0 Å². The van der Waals surface area contributed by atoms with Crippen molar-refractivity contribution in [1.82, 2.24) is 14.8 Å². The number of carbonyl (C=O) groups excluding carboxylic acids is 1. The molecule has 0 unspecified atom stereocenters. The lowest BCUT2D eigenvalue weighted by atomic mass is 10.2. The van der Waals surface area contributed by atoms with E-state index in [0.29, 0.717) is 18.1 Å². The molecule has 0 spiro atoms. The van der Waals surface area contributed by atoms with E-state index in [1.165, 1.54) is 6.92 Å². The summed E-state index contributed by atoms with van der Waals surface area (Å²) >= 11 is 0. The first-order chi connectivity index (χ1) is 9.38. The van der Waals surface area contributed by atoms with E-state index in [2.05, 4.69) is 29.7 Å². The molecule has 0 bridgehead atoms. The molecule has 0 saturated heterocycles. The molecule has 2 rings (SSSR count). The Hall–Kier alpha value is -1.53. The van der Waals surface area contributed by atoms with Gasteiger partial charge in [0.25, 0.3) is 0 Å². The van der Waals surface area contributed by atoms with Crippen LogP contribution in [0.2, 0.25) is 25.7 Å². The summed E-state index contributed by atoms with van der Waals surface area (Å²) in [7, 11) is -1.09. The zero-order valence-electron chi connectivity index (χ0n) is 12.5. The number of Topliss-reactive ketones (excluding diaryl/α,β-unsaturated/α-hetero) is 1. The van der Waals surface area contributed by atoms with Crippen molar-refractivity contribution in [1.29, 1.82) is 0 Å². The van der Waals surface area contributed by atoms with Crippen LogP contribution in [0, 0.1) is 0 Å². The Morgan fingerprint density at radius 3 is 2.80 bits per heavy atom. The first-order valence-electron chi connectivity index (χ1n) is 6.79. The fourth-order valence-corrected chi connectivity index (χ4v) is 2.65. The second-order valence-electron chi connectivity index (χ2n) is 6.13. The van der Waals surface area contributed by atoms with Gasteiger partial charge in [0.05, 0.1) is 5.39 Å². The molecular weight excluding hydrogens is 270 g/mol. The number of ether oxygens (including phenoxy) is 1. The van der Waals surface area contributed by atoms with Gasteiger partial charge in [-0.05, 0) is 18.2 Å². The minimum absolute atomic E-state index is 0.0520. The van der Waals surface area contributed by atoms with Gasteiger partial charge in [0.1, 0.15) is 12.4 Å². The lowest BCUT2D eigenvalue weighted by Crippen LogP contribution is -2.22. The molecule has 5 nitrogen and oxygen atoms in total. The maximum atomic E-state index is 11.6. The summed E-state index contributed by atoms with van der Waals surface area (Å²) in [6, 6.07) is 4.79. The number of aromatic nitrogens is 3. The second kappa shape index (κ2) is 5.84. The minimum atomic E-state index is -1.09. The largest absolute Gasteiger partial charge is 0.359 e. The van der Waals surface area contributed by atoms with E-state index in [1.807, 2.05) is 12.1 Å². The van der Waals surface area contributed by atoms with Gasteiger partial charge in [-0.15, -0.1) is 0 Å². The van der Waals surface area contributed by atoms with Gasteiger partial charge in [0.2, 0.25) is 0 Å². The molecule has 0 radical (unpaired) electrons. The number of nitrogens with zero attached hydrogens (tertiary/aromatic N) is 3. The van der Waals surface area contributed by atoms with Crippen molar-refractivity contribution in [3.05, 3.63) is 24.0 Å². The summed E-state index contributed by atoms with van der Waals surface area (Å²) in [6.45, 7) is 9.52. The van der Waals surface area contributed by atoms with Crippen LogP contribution in [0.3, 0.4) is 0 Å². The Morgan fingerprint density at radius 1 is 1.40 bits per heavy atom. The topological polar surface area (TPSA) is 57.0 Å². The van der Waals surface area contributed by atoms with Crippen molar-refractivity contribution < 1.29 is 9.53 Å². The predicted molar refractivity (Wildman–Crippen MR) is 81.6 cm³/mol. The molecular formula is C14H21N3O2Si. The number of ketones is 1. The van der Waals surface area contributed by atoms with Gasteiger partial charge in [-0.3, -0.25) is 4.79 Å². The predicted octanol–water partition coefficient (Wildman–Crippen LogP) is 2.95. The SMILES string of the molecule is CC(=O)c1nn(COCC[Si](C)(C)C)c2ncccc12. The Labute approximate surface area is 120 Å². The molecule has 0 saturated carbocycles. The van der Waals surface area contributed by atoms with Crippen LogP contribution in [0.15, 0.2) is 18.3 Å². The summed E-state index contributed by atoms with van der Waals surface area (Å²) in [5.74, 6) is -0.0520. The zero-order valence-corrected chi connectivity index (χ0v) is 13.5. The van der Waals surface area contributed by atoms with E-state index >= 15 is 0 Å². The summed E-state index contributed by atoms with van der Waals surface area (Å²) < 4.78 is 7.34. The van der Waals surface area contributed by atoms with Crippen LogP contribution in [0.25, 0.3) is 11.0 Å². The third-order valence-corrected chi connectivity index (χ3v) is 4.75. The number of carbonyl (C=O) groups is 1. The third kappa shape index (κ3) is 3.52. The minimum Gasteiger partial charge on any atom is -0.359 e. The molecule has 0 aliphatic carbocycles. The average molecular weight is 291 g/mol. The van der Waals surface area contributed by atoms with Crippen LogP contribution in [0.4, 0.5) is 0 Å². The van der Waals surface area contributed by atoms with Gasteiger partial charge in [0, 0.05) is 27.8 Å². The molecule has 2 aromatic rings. The Balaban J connectivity index is 2.12. The highest BCUT2D eigenvalue weighted by molar-refractivity contribution is 6.76. The maximum absolute atomic E-state index is 11.6. The number of pyridine rings is 1. The highest BCUT2D eigenvalue weighted by atomic mass is 28.3. The van der Waals surface area contributed by atoms with Gasteiger partial charge in [0.15, 0.2) is 11.4 Å². The molecule has 0 fully saturated rings. The van der Waals surface area contributed by atoms with Crippen LogP contribution in [-0.2, 0) is 11.5 Å². The molecule has 0 aromatic carbocycles. The fraction of sp³-hybridized carbons (Fsp3) is 0.500. The Bertz CT molecular complexity index is 616. The van der Waals surface area contributed by atoms with E-state index in [1.54, 1.807) is 10.9 Å². The second-order valence-corrected chi connectivity index (χ2v) is 11.7. The van der Waals surface area contributed by atoms with Crippen LogP contribution in [0.5, 0.6) is 0 Å². The van der Waals surface area contributed by atoms with E-state index < -0.39 is 8.07 Å². The summed E-state index contributed by atoms with van der Waals surface area (Å²) in [6.07, 6.45) is 1.70. The van der Waals surface area contributed by atoms with Crippen molar-refractivity contribution in [2.75, 3.05) is 6.61 Å². The standard InChI is InChI=1S/C14H21N3O2Si/c1-11(18)13-12-6-5-7-15-14(12)17(16-13)10-19-8-9-20(2,3)4/h5-7H,8-10H2,1-4H3. The van der Waals surface area contributed by atoms with Crippen molar-refractivity contribution in [3.63, 3.8) is 0 Å². The van der Waals surface area contributed by atoms with E-state index in [9.17, 15) is 4.79 Å². The van der Waals surface area contributed by atoms with Crippen LogP contribution in [0.1, 0.15) is 17.4 Å². The first-order valence-corrected chi connectivity index (χ1v) is 10.5. The molecule has 2 heterocycles. The number of hydrogen-bond acceptors (Lipinski definition) is 4. The normalized spacial score (nSPS) is 12.0. The Morgan fingerprint density at radius 2 is 2.15 bits per heavy atom. The quantitative estimate of drug-likeness (QED) is 0.466. The fourth-order valence-electron chi connectivity index (χ4n) is 1.89. The molecule has 2 aromatic heterocycles. The molecule has 0 amide bonds. The van der Waals surface area contributed by atoms with Crippen LogP contribution in [-0.4, -0.2) is 35.2 Å². The lowest BCUT2D eigenvalue weighted by Gasteiger charge is -2.15. The maximum Gasteiger partial charge on any atom is 0.180 e. The molecule has 6 heteroatoms.